The zero-order chi connectivity index (χ0) is 20.2. The number of benzene rings is 2. The van der Waals surface area contributed by atoms with Crippen molar-refractivity contribution < 1.29 is 9.53 Å². The number of carbonyl (C=O) groups is 1. The lowest BCUT2D eigenvalue weighted by molar-refractivity contribution is -0.133. The highest BCUT2D eigenvalue weighted by atomic mass is 35.5. The molecular formula is C23H27ClN4O2. The van der Waals surface area contributed by atoms with Crippen molar-refractivity contribution in [3.8, 4) is 22.7 Å². The Kier molecular flexibility index (Phi) is 7.13. The Morgan fingerprint density at radius 2 is 1.90 bits per heavy atom. The van der Waals surface area contributed by atoms with Crippen LogP contribution in [0.3, 0.4) is 0 Å². The molecule has 0 radical (unpaired) electrons. The first kappa shape index (κ1) is 21.9. The number of ether oxygens (including phenoxy) is 1. The summed E-state index contributed by atoms with van der Waals surface area (Å²) in [4.78, 5) is 15.0. The van der Waals surface area contributed by atoms with E-state index in [-0.39, 0.29) is 24.4 Å². The van der Waals surface area contributed by atoms with Crippen LogP contribution in [0.5, 0.6) is 5.75 Å². The number of piperazine rings is 1. The van der Waals surface area contributed by atoms with E-state index in [0.29, 0.717) is 6.42 Å². The normalized spacial score (nSPS) is 16.1. The van der Waals surface area contributed by atoms with E-state index < -0.39 is 0 Å². The van der Waals surface area contributed by atoms with Crippen molar-refractivity contribution in [1.82, 2.24) is 20.0 Å². The molecule has 0 bridgehead atoms. The van der Waals surface area contributed by atoms with Crippen molar-refractivity contribution in [2.45, 2.75) is 19.4 Å². The minimum atomic E-state index is 0. The SMILES string of the molecule is COc1ccc(-c2nn(-c3ccccc3)cc2CC(=O)N2CCNC[C@H]2C)cc1.Cl. The molecule has 1 saturated heterocycles. The highest BCUT2D eigenvalue weighted by Crippen LogP contribution is 2.27. The van der Waals surface area contributed by atoms with Gasteiger partial charge in [0.2, 0.25) is 5.91 Å². The van der Waals surface area contributed by atoms with Crippen LogP contribution in [0.25, 0.3) is 16.9 Å². The van der Waals surface area contributed by atoms with Gasteiger partial charge in [-0.1, -0.05) is 18.2 Å². The van der Waals surface area contributed by atoms with Crippen LogP contribution >= 0.6 is 12.4 Å². The van der Waals surface area contributed by atoms with E-state index >= 15 is 0 Å². The van der Waals surface area contributed by atoms with Crippen LogP contribution in [-0.4, -0.2) is 53.4 Å². The molecule has 1 fully saturated rings. The molecule has 1 aromatic heterocycles. The number of nitrogens with one attached hydrogen (secondary N) is 1. The Labute approximate surface area is 183 Å². The first-order chi connectivity index (χ1) is 14.2. The summed E-state index contributed by atoms with van der Waals surface area (Å²) >= 11 is 0. The highest BCUT2D eigenvalue weighted by Gasteiger charge is 2.25. The number of halogens is 1. The maximum absolute atomic E-state index is 13.0. The molecule has 0 unspecified atom stereocenters. The van der Waals surface area contributed by atoms with Crippen LogP contribution in [0.4, 0.5) is 0 Å². The van der Waals surface area contributed by atoms with Gasteiger partial charge in [0.15, 0.2) is 0 Å². The topological polar surface area (TPSA) is 59.4 Å². The summed E-state index contributed by atoms with van der Waals surface area (Å²) in [5, 5.41) is 8.15. The minimum absolute atomic E-state index is 0. The molecule has 7 heteroatoms. The van der Waals surface area contributed by atoms with Gasteiger partial charge in [0.25, 0.3) is 0 Å². The maximum atomic E-state index is 13.0. The molecule has 1 N–H and O–H groups in total. The van der Waals surface area contributed by atoms with Gasteiger partial charge in [0, 0.05) is 43.0 Å². The third-order valence-electron chi connectivity index (χ3n) is 5.34. The van der Waals surface area contributed by atoms with Gasteiger partial charge in [-0.15, -0.1) is 12.4 Å². The molecule has 2 heterocycles. The lowest BCUT2D eigenvalue weighted by Gasteiger charge is -2.34. The Morgan fingerprint density at radius 1 is 1.17 bits per heavy atom. The average Bonchev–Trinajstić information content (AvgIpc) is 3.18. The zero-order valence-electron chi connectivity index (χ0n) is 17.2. The number of para-hydroxylation sites is 1. The highest BCUT2D eigenvalue weighted by molar-refractivity contribution is 5.85. The maximum Gasteiger partial charge on any atom is 0.227 e. The van der Waals surface area contributed by atoms with Crippen molar-refractivity contribution in [2.24, 2.45) is 0 Å². The second kappa shape index (κ2) is 9.78. The number of aromatic nitrogens is 2. The van der Waals surface area contributed by atoms with Crippen LogP contribution < -0.4 is 10.1 Å². The standard InChI is InChI=1S/C23H26N4O2.ClH/c1-17-15-24-12-13-26(17)22(28)14-19-16-27(20-6-4-3-5-7-20)25-23(19)18-8-10-21(29-2)11-9-18;/h3-11,16-17,24H,12-15H2,1-2H3;1H/t17-;/m1./s1. The molecule has 2 aromatic carbocycles. The number of nitrogens with zero attached hydrogens (tertiary/aromatic N) is 3. The summed E-state index contributed by atoms with van der Waals surface area (Å²) in [6, 6.07) is 18.0. The summed E-state index contributed by atoms with van der Waals surface area (Å²) < 4.78 is 7.12. The third-order valence-corrected chi connectivity index (χ3v) is 5.34. The predicted octanol–water partition coefficient (Wildman–Crippen LogP) is 3.33. The number of rotatable bonds is 5. The summed E-state index contributed by atoms with van der Waals surface area (Å²) in [5.41, 5.74) is 3.69. The van der Waals surface area contributed by atoms with E-state index in [0.717, 1.165) is 47.9 Å². The van der Waals surface area contributed by atoms with Crippen LogP contribution in [0.1, 0.15) is 12.5 Å². The minimum Gasteiger partial charge on any atom is -0.497 e. The smallest absolute Gasteiger partial charge is 0.227 e. The molecule has 1 amide bonds. The molecule has 1 aliphatic rings. The fourth-order valence-electron chi connectivity index (χ4n) is 3.72. The van der Waals surface area contributed by atoms with Crippen LogP contribution in [-0.2, 0) is 11.2 Å². The second-order valence-electron chi connectivity index (χ2n) is 7.33. The number of methoxy groups -OCH3 is 1. The molecule has 0 saturated carbocycles. The van der Waals surface area contributed by atoms with Gasteiger partial charge in [0.05, 0.1) is 24.9 Å². The Bertz CT molecular complexity index is 973. The van der Waals surface area contributed by atoms with Gasteiger partial charge >= 0.3 is 0 Å². The van der Waals surface area contributed by atoms with E-state index in [4.69, 9.17) is 9.84 Å². The van der Waals surface area contributed by atoms with E-state index in [1.165, 1.54) is 0 Å². The third kappa shape index (κ3) is 4.66. The van der Waals surface area contributed by atoms with Gasteiger partial charge in [-0.25, -0.2) is 4.68 Å². The van der Waals surface area contributed by atoms with Crippen molar-refractivity contribution >= 4 is 18.3 Å². The van der Waals surface area contributed by atoms with Crippen molar-refractivity contribution in [1.29, 1.82) is 0 Å². The lowest BCUT2D eigenvalue weighted by Crippen LogP contribution is -2.52. The Hall–Kier alpha value is -2.83. The molecule has 0 aliphatic carbocycles. The summed E-state index contributed by atoms with van der Waals surface area (Å²) in [7, 11) is 1.65. The summed E-state index contributed by atoms with van der Waals surface area (Å²) in [6.45, 7) is 4.50. The molecule has 6 nitrogen and oxygen atoms in total. The fourth-order valence-corrected chi connectivity index (χ4v) is 3.72. The van der Waals surface area contributed by atoms with E-state index in [2.05, 4.69) is 12.2 Å². The number of hydrogen-bond donors (Lipinski definition) is 1. The average molecular weight is 427 g/mol. The molecule has 158 valence electrons. The van der Waals surface area contributed by atoms with Crippen LogP contribution in [0.2, 0.25) is 0 Å². The largest absolute Gasteiger partial charge is 0.497 e. The Balaban J connectivity index is 0.00000256. The van der Waals surface area contributed by atoms with Gasteiger partial charge in [-0.05, 0) is 43.3 Å². The van der Waals surface area contributed by atoms with Gasteiger partial charge in [-0.3, -0.25) is 4.79 Å². The predicted molar refractivity (Wildman–Crippen MR) is 121 cm³/mol. The van der Waals surface area contributed by atoms with E-state index in [1.54, 1.807) is 7.11 Å². The zero-order valence-corrected chi connectivity index (χ0v) is 18.1. The molecule has 1 aliphatic heterocycles. The quantitative estimate of drug-likeness (QED) is 0.679. The summed E-state index contributed by atoms with van der Waals surface area (Å²) in [6.07, 6.45) is 2.30. The monoisotopic (exact) mass is 426 g/mol. The van der Waals surface area contributed by atoms with E-state index in [1.807, 2.05) is 70.4 Å². The lowest BCUT2D eigenvalue weighted by atomic mass is 10.0. The number of hydrogen-bond acceptors (Lipinski definition) is 4. The number of carbonyl (C=O) groups excluding carboxylic acids is 1. The van der Waals surface area contributed by atoms with Crippen molar-refractivity contribution in [2.75, 3.05) is 26.7 Å². The first-order valence-corrected chi connectivity index (χ1v) is 9.94. The van der Waals surface area contributed by atoms with Gasteiger partial charge in [0.1, 0.15) is 5.75 Å². The van der Waals surface area contributed by atoms with Crippen LogP contribution in [0, 0.1) is 0 Å². The van der Waals surface area contributed by atoms with Gasteiger partial charge in [-0.2, -0.15) is 5.10 Å². The van der Waals surface area contributed by atoms with Crippen molar-refractivity contribution in [3.63, 3.8) is 0 Å². The number of amides is 1. The van der Waals surface area contributed by atoms with Gasteiger partial charge < -0.3 is 15.0 Å². The molecular weight excluding hydrogens is 400 g/mol. The fraction of sp³-hybridized carbons (Fsp3) is 0.304. The molecule has 3 aromatic rings. The summed E-state index contributed by atoms with van der Waals surface area (Å²) in [5.74, 6) is 0.935. The second-order valence-corrected chi connectivity index (χ2v) is 7.33. The first-order valence-electron chi connectivity index (χ1n) is 9.94. The van der Waals surface area contributed by atoms with Crippen LogP contribution in [0.15, 0.2) is 60.8 Å². The Morgan fingerprint density at radius 3 is 2.57 bits per heavy atom. The molecule has 1 atom stereocenters. The van der Waals surface area contributed by atoms with E-state index in [9.17, 15) is 4.79 Å². The molecule has 0 spiro atoms. The van der Waals surface area contributed by atoms with Crippen molar-refractivity contribution in [3.05, 3.63) is 66.4 Å². The molecule has 30 heavy (non-hydrogen) atoms. The molecule has 4 rings (SSSR count).